The Balaban J connectivity index is 2.81. The van der Waals surface area contributed by atoms with Gasteiger partial charge in [-0.15, -0.1) is 0 Å². The maximum absolute atomic E-state index is 12.3. The maximum Gasteiger partial charge on any atom is 0.426 e. The average molecular weight is 452 g/mol. The van der Waals surface area contributed by atoms with Gasteiger partial charge in [0, 0.05) is 44.1 Å². The number of aliphatic imine (C=N–C) groups is 2. The molecule has 7 nitrogen and oxygen atoms in total. The summed E-state index contributed by atoms with van der Waals surface area (Å²) in [5.74, 6) is 0. The molecule has 0 aromatic carbocycles. The first-order valence-corrected chi connectivity index (χ1v) is 10.3. The van der Waals surface area contributed by atoms with Gasteiger partial charge in [-0.05, 0) is 42.4 Å². The molecule has 0 aliphatic rings. The molecule has 176 valence electrons. The van der Waals surface area contributed by atoms with E-state index in [1.54, 1.807) is 12.4 Å². The van der Waals surface area contributed by atoms with E-state index in [-0.39, 0.29) is 6.21 Å². The van der Waals surface area contributed by atoms with Gasteiger partial charge in [-0.3, -0.25) is 19.9 Å². The molecule has 0 spiro atoms. The van der Waals surface area contributed by atoms with E-state index >= 15 is 0 Å². The lowest BCUT2D eigenvalue weighted by molar-refractivity contribution is -0.0535. The monoisotopic (exact) mass is 451 g/mol. The average Bonchev–Trinajstić information content (AvgIpc) is 2.75. The summed E-state index contributed by atoms with van der Waals surface area (Å²) in [6, 6.07) is 3.93. The normalized spacial score (nSPS) is 14.1. The van der Waals surface area contributed by atoms with Crippen molar-refractivity contribution in [3.8, 4) is 0 Å². The van der Waals surface area contributed by atoms with Crippen molar-refractivity contribution in [3.05, 3.63) is 66.3 Å². The van der Waals surface area contributed by atoms with Crippen LogP contribution < -0.4 is 16.8 Å². The second-order valence-corrected chi connectivity index (χ2v) is 6.85. The Labute approximate surface area is 187 Å². The van der Waals surface area contributed by atoms with Crippen molar-refractivity contribution in [2.24, 2.45) is 21.5 Å². The second kappa shape index (κ2) is 14.9. The van der Waals surface area contributed by atoms with E-state index < -0.39 is 12.3 Å². The third-order valence-electron chi connectivity index (χ3n) is 4.21. The molecule has 0 aliphatic heterocycles. The molecule has 1 aromatic heterocycles. The molecule has 1 atom stereocenters. The highest BCUT2D eigenvalue weighted by molar-refractivity contribution is 5.64. The van der Waals surface area contributed by atoms with Crippen molar-refractivity contribution < 1.29 is 13.2 Å². The summed E-state index contributed by atoms with van der Waals surface area (Å²) in [6.07, 6.45) is 5.85. The molecule has 1 aromatic rings. The minimum atomic E-state index is -4.47. The number of pyridine rings is 1. The molecule has 0 amide bonds. The predicted molar refractivity (Wildman–Crippen MR) is 124 cm³/mol. The molecule has 1 heterocycles. The van der Waals surface area contributed by atoms with Gasteiger partial charge >= 0.3 is 6.18 Å². The van der Waals surface area contributed by atoms with E-state index in [0.717, 1.165) is 30.3 Å². The molecule has 5 N–H and O–H groups in total. The first kappa shape index (κ1) is 27.1. The van der Waals surface area contributed by atoms with Crippen LogP contribution in [0.4, 0.5) is 13.2 Å². The molecule has 0 bridgehead atoms. The van der Waals surface area contributed by atoms with Crippen LogP contribution in [-0.4, -0.2) is 54.4 Å². The fourth-order valence-corrected chi connectivity index (χ4v) is 2.74. The maximum atomic E-state index is 12.3. The molecule has 1 rings (SSSR count). The van der Waals surface area contributed by atoms with Gasteiger partial charge < -0.3 is 16.8 Å². The Bertz CT molecular complexity index is 784. The van der Waals surface area contributed by atoms with Crippen molar-refractivity contribution in [3.63, 3.8) is 0 Å². The SMILES string of the molecule is C=C/C(=C\N=CC(F)(F)F)CN(CCC)C(/C=C/NCc1ccc(CCN)nc1)N=CN. The zero-order chi connectivity index (χ0) is 23.8. The van der Waals surface area contributed by atoms with Crippen LogP contribution in [0.1, 0.15) is 24.6 Å². The molecule has 1 unspecified atom stereocenters. The molecule has 0 aliphatic carbocycles. The number of alkyl halides is 3. The number of hydrogen-bond donors (Lipinski definition) is 3. The van der Waals surface area contributed by atoms with E-state index in [1.165, 1.54) is 12.4 Å². The van der Waals surface area contributed by atoms with Gasteiger partial charge in [-0.25, -0.2) is 0 Å². The Hall–Kier alpha value is -2.98. The Kier molecular flexibility index (Phi) is 12.6. The first-order chi connectivity index (χ1) is 15.3. The smallest absolute Gasteiger partial charge is 0.390 e. The fourth-order valence-electron chi connectivity index (χ4n) is 2.74. The van der Waals surface area contributed by atoms with Crippen LogP contribution in [0.2, 0.25) is 0 Å². The van der Waals surface area contributed by atoms with Crippen LogP contribution in [0.5, 0.6) is 0 Å². The summed E-state index contributed by atoms with van der Waals surface area (Å²) in [7, 11) is 0. The number of halogens is 3. The number of nitrogens with two attached hydrogens (primary N) is 2. The van der Waals surface area contributed by atoms with Crippen LogP contribution in [0, 0.1) is 0 Å². The molecule has 0 saturated heterocycles. The standard InChI is InChI=1S/C22H32F3N7/c1-3-11-32(15-18(4-2)12-29-16-22(23,24)25)21(31-17-27)8-10-28-13-19-5-6-20(7-9-26)30-14-19/h4-6,8,10,12,14,16-17,21,28H,2-3,7,9,11,13,15,26H2,1H3,(H2,27,31)/b10-8+,18-12+,29-16?. The van der Waals surface area contributed by atoms with Crippen molar-refractivity contribution >= 4 is 12.6 Å². The lowest BCUT2D eigenvalue weighted by Crippen LogP contribution is -2.35. The summed E-state index contributed by atoms with van der Waals surface area (Å²) in [5.41, 5.74) is 13.5. The predicted octanol–water partition coefficient (Wildman–Crippen LogP) is 2.91. The number of nitrogens with one attached hydrogen (secondary N) is 1. The van der Waals surface area contributed by atoms with E-state index in [0.29, 0.717) is 31.8 Å². The Morgan fingerprint density at radius 2 is 2.16 bits per heavy atom. The van der Waals surface area contributed by atoms with Crippen molar-refractivity contribution in [1.29, 1.82) is 0 Å². The van der Waals surface area contributed by atoms with Gasteiger partial charge in [-0.1, -0.05) is 25.6 Å². The van der Waals surface area contributed by atoms with Crippen molar-refractivity contribution in [2.75, 3.05) is 19.6 Å². The van der Waals surface area contributed by atoms with E-state index in [1.807, 2.05) is 30.0 Å². The largest absolute Gasteiger partial charge is 0.426 e. The highest BCUT2D eigenvalue weighted by Gasteiger charge is 2.23. The zero-order valence-electron chi connectivity index (χ0n) is 18.3. The van der Waals surface area contributed by atoms with Gasteiger partial charge in [0.15, 0.2) is 0 Å². The number of aromatic nitrogens is 1. The quantitative estimate of drug-likeness (QED) is 0.229. The van der Waals surface area contributed by atoms with E-state index in [9.17, 15) is 13.2 Å². The van der Waals surface area contributed by atoms with Crippen LogP contribution in [0.25, 0.3) is 0 Å². The molecule has 0 fully saturated rings. The van der Waals surface area contributed by atoms with Crippen molar-refractivity contribution in [1.82, 2.24) is 15.2 Å². The number of nitrogens with zero attached hydrogens (tertiary/aromatic N) is 4. The zero-order valence-corrected chi connectivity index (χ0v) is 18.3. The number of hydrogen-bond acceptors (Lipinski definition) is 6. The second-order valence-electron chi connectivity index (χ2n) is 6.85. The van der Waals surface area contributed by atoms with E-state index in [4.69, 9.17) is 11.5 Å². The molecule has 10 heteroatoms. The molecule has 0 saturated carbocycles. The van der Waals surface area contributed by atoms with Gasteiger partial charge in [0.2, 0.25) is 0 Å². The van der Waals surface area contributed by atoms with Gasteiger partial charge in [-0.2, -0.15) is 13.2 Å². The summed E-state index contributed by atoms with van der Waals surface area (Å²) in [6.45, 7) is 7.75. The molecule has 32 heavy (non-hydrogen) atoms. The molecular formula is C22H32F3N7. The summed E-state index contributed by atoms with van der Waals surface area (Å²) >= 11 is 0. The Morgan fingerprint density at radius 3 is 2.72 bits per heavy atom. The third-order valence-corrected chi connectivity index (χ3v) is 4.21. The van der Waals surface area contributed by atoms with Crippen LogP contribution in [0.3, 0.4) is 0 Å². The summed E-state index contributed by atoms with van der Waals surface area (Å²) < 4.78 is 36.9. The Morgan fingerprint density at radius 1 is 1.38 bits per heavy atom. The first-order valence-electron chi connectivity index (χ1n) is 10.3. The lowest BCUT2D eigenvalue weighted by Gasteiger charge is -2.26. The fraction of sp³-hybridized carbons (Fsp3) is 0.409. The minimum absolute atomic E-state index is 0.0581. The molecular weight excluding hydrogens is 419 g/mol. The van der Waals surface area contributed by atoms with Gasteiger partial charge in [0.1, 0.15) is 12.4 Å². The van der Waals surface area contributed by atoms with Crippen molar-refractivity contribution in [2.45, 2.75) is 38.7 Å². The minimum Gasteiger partial charge on any atom is -0.390 e. The van der Waals surface area contributed by atoms with Crippen LogP contribution >= 0.6 is 0 Å². The van der Waals surface area contributed by atoms with Gasteiger partial charge in [0.25, 0.3) is 0 Å². The highest BCUT2D eigenvalue weighted by Crippen LogP contribution is 2.12. The third kappa shape index (κ3) is 11.4. The summed E-state index contributed by atoms with van der Waals surface area (Å²) in [5, 5.41) is 3.19. The summed E-state index contributed by atoms with van der Waals surface area (Å²) in [4.78, 5) is 13.9. The van der Waals surface area contributed by atoms with Crippen LogP contribution in [0.15, 0.2) is 65.0 Å². The van der Waals surface area contributed by atoms with Crippen LogP contribution in [-0.2, 0) is 13.0 Å². The van der Waals surface area contributed by atoms with E-state index in [2.05, 4.69) is 26.9 Å². The lowest BCUT2D eigenvalue weighted by atomic mass is 10.2. The van der Waals surface area contributed by atoms with Gasteiger partial charge in [0.05, 0.1) is 6.34 Å². The molecule has 0 radical (unpaired) electrons. The topological polar surface area (TPSA) is 105 Å². The highest BCUT2D eigenvalue weighted by atomic mass is 19.4. The number of rotatable bonds is 14.